The van der Waals surface area contributed by atoms with Gasteiger partial charge >= 0.3 is 5.88 Å². The van der Waals surface area contributed by atoms with Gasteiger partial charge in [-0.25, -0.2) is 0 Å². The molecule has 1 atom stereocenters. The number of fused-ring (bicyclic) bond motifs is 3. The summed E-state index contributed by atoms with van der Waals surface area (Å²) in [4.78, 5) is 17.5. The van der Waals surface area contributed by atoms with Gasteiger partial charge in [-0.15, -0.1) is 0 Å². The van der Waals surface area contributed by atoms with Gasteiger partial charge in [0.25, 0.3) is 5.91 Å². The Morgan fingerprint density at radius 2 is 1.79 bits per heavy atom. The van der Waals surface area contributed by atoms with Crippen molar-refractivity contribution in [2.45, 2.75) is 31.9 Å². The fraction of sp³-hybridized carbons (Fsp3) is 0.226. The molecule has 0 fully saturated rings. The van der Waals surface area contributed by atoms with E-state index in [1.54, 1.807) is 12.1 Å². The number of H-pyrrole nitrogens is 2. The number of ether oxygens (including phenoxy) is 2. The largest absolute Gasteiger partial charge is 0.490 e. The molecule has 8 heteroatoms. The Balaban J connectivity index is 1.13. The third kappa shape index (κ3) is 6.37. The number of aliphatic hydroxyl groups excluding tert-OH is 1. The highest BCUT2D eigenvalue weighted by Gasteiger charge is 2.20. The second-order valence-corrected chi connectivity index (χ2v) is 10.3. The van der Waals surface area contributed by atoms with Crippen LogP contribution in [0.25, 0.3) is 21.8 Å². The van der Waals surface area contributed by atoms with E-state index < -0.39 is 12.0 Å². The minimum atomic E-state index is -0.669. The Labute approximate surface area is 226 Å². The van der Waals surface area contributed by atoms with Gasteiger partial charge in [-0.05, 0) is 62.2 Å². The van der Waals surface area contributed by atoms with Crippen LogP contribution in [0.3, 0.4) is 0 Å². The molecular formula is C31H33N4O4+. The Morgan fingerprint density at radius 3 is 2.54 bits per heavy atom. The molecule has 0 aliphatic carbocycles. The van der Waals surface area contributed by atoms with E-state index in [4.69, 9.17) is 15.2 Å². The molecule has 0 aliphatic heterocycles. The van der Waals surface area contributed by atoms with Crippen molar-refractivity contribution in [2.75, 3.05) is 13.2 Å². The second kappa shape index (κ2) is 11.1. The van der Waals surface area contributed by atoms with E-state index in [2.05, 4.69) is 35.2 Å². The van der Waals surface area contributed by atoms with Crippen LogP contribution in [0.1, 0.15) is 29.8 Å². The number of aromatic nitrogens is 2. The van der Waals surface area contributed by atoms with Crippen LogP contribution >= 0.6 is 0 Å². The number of hydrogen-bond donors (Lipinski definition) is 4. The predicted molar refractivity (Wildman–Crippen MR) is 151 cm³/mol. The highest BCUT2D eigenvalue weighted by molar-refractivity contribution is 6.10. The van der Waals surface area contributed by atoms with E-state index >= 15 is 0 Å². The summed E-state index contributed by atoms with van der Waals surface area (Å²) in [5, 5.41) is 16.3. The molecule has 0 saturated carbocycles. The zero-order valence-corrected chi connectivity index (χ0v) is 22.0. The summed E-state index contributed by atoms with van der Waals surface area (Å²) < 4.78 is 11.9. The second-order valence-electron chi connectivity index (χ2n) is 10.3. The summed E-state index contributed by atoms with van der Waals surface area (Å²) in [6.07, 6.45) is 1.61. The minimum absolute atomic E-state index is 0.186. The van der Waals surface area contributed by atoms with E-state index in [9.17, 15) is 9.90 Å². The Kier molecular flexibility index (Phi) is 7.49. The van der Waals surface area contributed by atoms with Crippen LogP contribution in [-0.2, 0) is 6.42 Å². The lowest BCUT2D eigenvalue weighted by Gasteiger charge is -2.28. The number of pyridine rings is 1. The molecule has 3 aromatic carbocycles. The van der Waals surface area contributed by atoms with Crippen molar-refractivity contribution in [3.63, 3.8) is 0 Å². The lowest BCUT2D eigenvalue weighted by molar-refractivity contribution is -0.391. The molecule has 5 rings (SSSR count). The number of benzene rings is 3. The molecule has 6 N–H and O–H groups in total. The fourth-order valence-electron chi connectivity index (χ4n) is 4.63. The van der Waals surface area contributed by atoms with Crippen molar-refractivity contribution in [3.05, 3.63) is 96.2 Å². The normalized spacial score (nSPS) is 12.5. The molecule has 1 amide bonds. The molecule has 0 saturated heterocycles. The number of primary amides is 1. The number of hydrogen-bond acceptors (Lipinski definition) is 5. The number of para-hydroxylation sites is 1. The highest BCUT2D eigenvalue weighted by Crippen LogP contribution is 2.33. The van der Waals surface area contributed by atoms with Crippen LogP contribution in [0.5, 0.6) is 17.4 Å². The SMILES string of the molecule is CC(C)(Cc1ccc(Oc2ccc(C(N)=O)c[nH+]2)cc1)NCC(O)COc1cccc2[nH]c3ccccc3c12. The van der Waals surface area contributed by atoms with E-state index in [-0.39, 0.29) is 12.1 Å². The van der Waals surface area contributed by atoms with Gasteiger partial charge in [0.2, 0.25) is 0 Å². The summed E-state index contributed by atoms with van der Waals surface area (Å²) in [5.74, 6) is 1.44. The molecule has 0 aliphatic rings. The first-order valence-electron chi connectivity index (χ1n) is 12.9. The zero-order chi connectivity index (χ0) is 27.4. The Hall–Kier alpha value is -4.40. The smallest absolute Gasteiger partial charge is 0.371 e. The molecule has 0 bridgehead atoms. The number of amides is 1. The van der Waals surface area contributed by atoms with Crippen LogP contribution in [0.2, 0.25) is 0 Å². The van der Waals surface area contributed by atoms with Gasteiger partial charge in [0.05, 0.1) is 11.6 Å². The third-order valence-electron chi connectivity index (χ3n) is 6.61. The molecule has 200 valence electrons. The summed E-state index contributed by atoms with van der Waals surface area (Å²) in [6.45, 7) is 4.79. The molecule has 5 aromatic rings. The Morgan fingerprint density at radius 1 is 1.03 bits per heavy atom. The van der Waals surface area contributed by atoms with Crippen molar-refractivity contribution in [1.29, 1.82) is 0 Å². The number of carbonyl (C=O) groups is 1. The van der Waals surface area contributed by atoms with Crippen LogP contribution in [-0.4, -0.2) is 40.8 Å². The average molecular weight is 526 g/mol. The molecule has 2 aromatic heterocycles. The van der Waals surface area contributed by atoms with Crippen molar-refractivity contribution in [2.24, 2.45) is 5.73 Å². The lowest BCUT2D eigenvalue weighted by atomic mass is 9.94. The summed E-state index contributed by atoms with van der Waals surface area (Å²) in [5.41, 5.74) is 8.60. The molecule has 0 radical (unpaired) electrons. The van der Waals surface area contributed by atoms with Crippen molar-refractivity contribution in [1.82, 2.24) is 10.3 Å². The van der Waals surface area contributed by atoms with E-state index in [1.165, 1.54) is 6.20 Å². The first-order valence-corrected chi connectivity index (χ1v) is 12.9. The van der Waals surface area contributed by atoms with Gasteiger partial charge in [-0.3, -0.25) is 4.79 Å². The topological polar surface area (TPSA) is 124 Å². The van der Waals surface area contributed by atoms with Gasteiger partial charge in [0, 0.05) is 28.4 Å². The number of carbonyl (C=O) groups excluding carboxylic acids is 1. The first-order chi connectivity index (χ1) is 18.8. The van der Waals surface area contributed by atoms with Gasteiger partial charge in [0.1, 0.15) is 29.8 Å². The number of rotatable bonds is 11. The Bertz CT molecular complexity index is 1580. The molecule has 39 heavy (non-hydrogen) atoms. The van der Waals surface area contributed by atoms with Gasteiger partial charge < -0.3 is 30.6 Å². The molecule has 1 unspecified atom stereocenters. The third-order valence-corrected chi connectivity index (χ3v) is 6.61. The van der Waals surface area contributed by atoms with Crippen LogP contribution < -0.4 is 25.5 Å². The average Bonchev–Trinajstić information content (AvgIpc) is 3.31. The number of aromatic amines is 2. The summed E-state index contributed by atoms with van der Waals surface area (Å²) in [6, 6.07) is 25.1. The van der Waals surface area contributed by atoms with Crippen molar-refractivity contribution < 1.29 is 24.4 Å². The molecule has 8 nitrogen and oxygen atoms in total. The maximum Gasteiger partial charge on any atom is 0.371 e. The molecule has 0 spiro atoms. The first kappa shape index (κ1) is 26.2. The van der Waals surface area contributed by atoms with E-state index in [1.807, 2.05) is 60.7 Å². The van der Waals surface area contributed by atoms with Crippen LogP contribution in [0, 0.1) is 0 Å². The standard InChI is InChI=1S/C31H32N4O4/c1-31(2,16-20-10-13-23(14-11-20)39-28-15-12-21(17-33-28)30(32)37)34-18-22(36)19-38-27-9-5-8-26-29(27)24-6-3-4-7-25(24)35-26/h3-15,17,22,34-36H,16,18-19H2,1-2H3,(H2,32,37)/p+1. The van der Waals surface area contributed by atoms with Crippen molar-refractivity contribution >= 4 is 27.7 Å². The predicted octanol–water partition coefficient (Wildman–Crippen LogP) is 4.38. The summed E-state index contributed by atoms with van der Waals surface area (Å²) >= 11 is 0. The maximum absolute atomic E-state index is 11.2. The number of nitrogens with one attached hydrogen (secondary N) is 3. The summed E-state index contributed by atoms with van der Waals surface area (Å²) in [7, 11) is 0. The monoisotopic (exact) mass is 525 g/mol. The van der Waals surface area contributed by atoms with Gasteiger partial charge in [0.15, 0.2) is 6.20 Å². The molecular weight excluding hydrogens is 492 g/mol. The van der Waals surface area contributed by atoms with Crippen LogP contribution in [0.4, 0.5) is 0 Å². The zero-order valence-electron chi connectivity index (χ0n) is 22.0. The number of β-amino-alcohol motifs (C(OH)–C–C–N with tert-alkyl or cyclic N) is 1. The van der Waals surface area contributed by atoms with E-state index in [0.29, 0.717) is 23.7 Å². The maximum atomic E-state index is 11.2. The molecule has 2 heterocycles. The lowest BCUT2D eigenvalue weighted by Crippen LogP contribution is -2.46. The minimum Gasteiger partial charge on any atom is -0.490 e. The number of nitrogens with two attached hydrogens (primary N) is 1. The highest BCUT2D eigenvalue weighted by atomic mass is 16.5. The quantitative estimate of drug-likeness (QED) is 0.204. The number of aliphatic hydroxyl groups is 1. The fourth-order valence-corrected chi connectivity index (χ4v) is 4.63. The van der Waals surface area contributed by atoms with Gasteiger partial charge in [-0.2, -0.15) is 4.98 Å². The van der Waals surface area contributed by atoms with Crippen molar-refractivity contribution in [3.8, 4) is 17.4 Å². The van der Waals surface area contributed by atoms with Gasteiger partial charge in [-0.1, -0.05) is 36.4 Å². The van der Waals surface area contributed by atoms with Crippen LogP contribution in [0.15, 0.2) is 85.1 Å². The van der Waals surface area contributed by atoms with E-state index in [0.717, 1.165) is 39.5 Å².